The number of rotatable bonds is 9. The smallest absolute Gasteiger partial charge is 0.276 e. The van der Waals surface area contributed by atoms with Gasteiger partial charge in [0.25, 0.3) is 11.1 Å². The minimum atomic E-state index is -0.628. The van der Waals surface area contributed by atoms with Crippen LogP contribution in [0.1, 0.15) is 5.56 Å². The van der Waals surface area contributed by atoms with E-state index in [4.69, 9.17) is 13.9 Å². The molecule has 6 nitrogen and oxygen atoms in total. The van der Waals surface area contributed by atoms with Crippen LogP contribution in [0.2, 0.25) is 0 Å². The first kappa shape index (κ1) is 17.9. The molecule has 8 heteroatoms. The van der Waals surface area contributed by atoms with Crippen LogP contribution in [0.25, 0.3) is 10.8 Å². The summed E-state index contributed by atoms with van der Waals surface area (Å²) >= 11 is 2.85. The van der Waals surface area contributed by atoms with Crippen LogP contribution in [-0.4, -0.2) is 40.9 Å². The van der Waals surface area contributed by atoms with Crippen molar-refractivity contribution < 1.29 is 19.0 Å². The van der Waals surface area contributed by atoms with Gasteiger partial charge in [0.2, 0.25) is 0 Å². The maximum atomic E-state index is 10.0. The van der Waals surface area contributed by atoms with Crippen molar-refractivity contribution in [1.82, 2.24) is 10.2 Å². The average molecular weight is 378 g/mol. The van der Waals surface area contributed by atoms with Crippen molar-refractivity contribution in [2.45, 2.75) is 17.9 Å². The third-order valence-electron chi connectivity index (χ3n) is 3.30. The highest BCUT2D eigenvalue weighted by atomic mass is 32.2. The molecule has 1 N–H and O–H groups in total. The third kappa shape index (κ3) is 5.05. The van der Waals surface area contributed by atoms with Gasteiger partial charge in [-0.15, -0.1) is 21.5 Å². The summed E-state index contributed by atoms with van der Waals surface area (Å²) in [5.74, 6) is 1.69. The molecule has 1 aromatic carbocycles. The molecule has 1 unspecified atom stereocenters. The second-order valence-corrected chi connectivity index (χ2v) is 7.06. The van der Waals surface area contributed by atoms with Gasteiger partial charge in [-0.2, -0.15) is 0 Å². The van der Waals surface area contributed by atoms with E-state index in [0.717, 1.165) is 16.2 Å². The quantitative estimate of drug-likeness (QED) is 0.571. The molecule has 25 heavy (non-hydrogen) atoms. The molecule has 3 rings (SSSR count). The van der Waals surface area contributed by atoms with Crippen LogP contribution in [0.5, 0.6) is 5.75 Å². The number of hydrogen-bond acceptors (Lipinski definition) is 8. The molecule has 3 aromatic rings. The number of para-hydroxylation sites is 1. The number of nitrogens with zero attached hydrogens (tertiary/aromatic N) is 2. The van der Waals surface area contributed by atoms with E-state index < -0.39 is 6.10 Å². The highest BCUT2D eigenvalue weighted by Crippen LogP contribution is 2.26. The highest BCUT2D eigenvalue weighted by molar-refractivity contribution is 7.99. The monoisotopic (exact) mass is 378 g/mol. The fourth-order valence-electron chi connectivity index (χ4n) is 2.11. The molecule has 2 heterocycles. The number of aliphatic hydroxyl groups is 1. The second kappa shape index (κ2) is 9.00. The van der Waals surface area contributed by atoms with Gasteiger partial charge in [-0.05, 0) is 17.5 Å². The molecular formula is C17H18N2O4S2. The van der Waals surface area contributed by atoms with E-state index >= 15 is 0 Å². The molecule has 0 spiro atoms. The van der Waals surface area contributed by atoms with Gasteiger partial charge in [0, 0.05) is 11.3 Å². The number of benzene rings is 1. The van der Waals surface area contributed by atoms with Gasteiger partial charge in [0.05, 0.1) is 31.3 Å². The van der Waals surface area contributed by atoms with Gasteiger partial charge in [-0.3, -0.25) is 0 Å². The summed E-state index contributed by atoms with van der Waals surface area (Å²) in [7, 11) is 1.62. The largest absolute Gasteiger partial charge is 0.496 e. The van der Waals surface area contributed by atoms with Crippen LogP contribution in [0.3, 0.4) is 0 Å². The van der Waals surface area contributed by atoms with Gasteiger partial charge in [0.1, 0.15) is 5.75 Å². The summed E-state index contributed by atoms with van der Waals surface area (Å²) in [5.41, 5.74) is 0.947. The van der Waals surface area contributed by atoms with Crippen LogP contribution in [-0.2, 0) is 11.3 Å². The molecular weight excluding hydrogens is 360 g/mol. The molecule has 0 saturated heterocycles. The lowest BCUT2D eigenvalue weighted by molar-refractivity contribution is 0.0389. The number of aromatic nitrogens is 2. The average Bonchev–Trinajstić information content (AvgIpc) is 3.32. The predicted octanol–water partition coefficient (Wildman–Crippen LogP) is 3.48. The highest BCUT2D eigenvalue weighted by Gasteiger charge is 2.13. The summed E-state index contributed by atoms with van der Waals surface area (Å²) in [6.45, 7) is 0.603. The first-order valence-electron chi connectivity index (χ1n) is 7.64. The second-order valence-electron chi connectivity index (χ2n) is 5.14. The number of aliphatic hydroxyl groups excluding tert-OH is 1. The Hall–Kier alpha value is -1.87. The molecule has 0 aliphatic heterocycles. The zero-order valence-electron chi connectivity index (χ0n) is 13.6. The molecule has 0 radical (unpaired) electrons. The number of ether oxygens (including phenoxy) is 2. The van der Waals surface area contributed by atoms with Gasteiger partial charge in [-0.25, -0.2) is 0 Å². The summed E-state index contributed by atoms with van der Waals surface area (Å²) in [5, 5.41) is 20.4. The Morgan fingerprint density at radius 2 is 2.12 bits per heavy atom. The van der Waals surface area contributed by atoms with Crippen molar-refractivity contribution in [2.24, 2.45) is 0 Å². The lowest BCUT2D eigenvalue weighted by Gasteiger charge is -2.11. The Bertz CT molecular complexity index is 777. The molecule has 2 aromatic heterocycles. The van der Waals surface area contributed by atoms with E-state index in [1.165, 1.54) is 11.8 Å². The molecule has 0 saturated carbocycles. The number of hydrogen-bond donors (Lipinski definition) is 1. The van der Waals surface area contributed by atoms with E-state index in [1.54, 1.807) is 18.4 Å². The number of thioether (sulfide) groups is 1. The summed E-state index contributed by atoms with van der Waals surface area (Å²) in [6, 6.07) is 11.5. The van der Waals surface area contributed by atoms with Crippen LogP contribution in [0.4, 0.5) is 0 Å². The van der Waals surface area contributed by atoms with Gasteiger partial charge in [-0.1, -0.05) is 36.0 Å². The minimum Gasteiger partial charge on any atom is -0.496 e. The van der Waals surface area contributed by atoms with E-state index in [2.05, 4.69) is 10.2 Å². The molecule has 0 amide bonds. The Labute approximate surface area is 153 Å². The van der Waals surface area contributed by atoms with Crippen LogP contribution >= 0.6 is 23.1 Å². The fraction of sp³-hybridized carbons (Fsp3) is 0.294. The summed E-state index contributed by atoms with van der Waals surface area (Å²) in [4.78, 5) is 0.931. The first-order valence-corrected chi connectivity index (χ1v) is 9.50. The first-order chi connectivity index (χ1) is 12.3. The van der Waals surface area contributed by atoms with E-state index in [-0.39, 0.29) is 6.61 Å². The Kier molecular flexibility index (Phi) is 6.46. The zero-order valence-corrected chi connectivity index (χ0v) is 15.3. The van der Waals surface area contributed by atoms with Crippen molar-refractivity contribution in [3.05, 3.63) is 47.3 Å². The Morgan fingerprint density at radius 1 is 1.24 bits per heavy atom. The zero-order chi connectivity index (χ0) is 17.5. The Morgan fingerprint density at radius 3 is 2.92 bits per heavy atom. The van der Waals surface area contributed by atoms with Gasteiger partial charge >= 0.3 is 0 Å². The van der Waals surface area contributed by atoms with E-state index in [1.807, 2.05) is 41.8 Å². The maximum Gasteiger partial charge on any atom is 0.276 e. The predicted molar refractivity (Wildman–Crippen MR) is 97.0 cm³/mol. The normalized spacial score (nSPS) is 12.2. The summed E-state index contributed by atoms with van der Waals surface area (Å²) < 4.78 is 16.4. The number of methoxy groups -OCH3 is 1. The molecule has 0 aliphatic carbocycles. The van der Waals surface area contributed by atoms with E-state index in [9.17, 15) is 5.11 Å². The van der Waals surface area contributed by atoms with Crippen molar-refractivity contribution in [3.63, 3.8) is 0 Å². The Balaban J connectivity index is 1.42. The molecule has 1 atom stereocenters. The standard InChI is InChI=1S/C17H18N2O4S2/c1-21-14-6-3-2-5-12(14)9-22-10-13(20)11-25-17-19-18-16(23-17)15-7-4-8-24-15/h2-8,13,20H,9-11H2,1H3. The number of thiophene rings is 1. The molecule has 0 fully saturated rings. The summed E-state index contributed by atoms with van der Waals surface area (Å²) in [6.07, 6.45) is -0.628. The van der Waals surface area contributed by atoms with Gasteiger partial charge in [0.15, 0.2) is 0 Å². The SMILES string of the molecule is COc1ccccc1COCC(O)CSc1nnc(-c2cccs2)o1. The lowest BCUT2D eigenvalue weighted by atomic mass is 10.2. The van der Waals surface area contributed by atoms with Gasteiger partial charge < -0.3 is 19.0 Å². The van der Waals surface area contributed by atoms with Crippen LogP contribution in [0, 0.1) is 0 Å². The third-order valence-corrected chi connectivity index (χ3v) is 5.12. The minimum absolute atomic E-state index is 0.219. The van der Waals surface area contributed by atoms with Crippen LogP contribution in [0.15, 0.2) is 51.4 Å². The topological polar surface area (TPSA) is 77.6 Å². The van der Waals surface area contributed by atoms with Crippen molar-refractivity contribution in [3.8, 4) is 16.5 Å². The molecule has 132 valence electrons. The van der Waals surface area contributed by atoms with Crippen molar-refractivity contribution >= 4 is 23.1 Å². The maximum absolute atomic E-state index is 10.0. The lowest BCUT2D eigenvalue weighted by Crippen LogP contribution is -2.18. The van der Waals surface area contributed by atoms with E-state index in [0.29, 0.717) is 23.5 Å². The fourth-order valence-corrected chi connectivity index (χ4v) is 3.42. The van der Waals surface area contributed by atoms with Crippen molar-refractivity contribution in [1.29, 1.82) is 0 Å². The van der Waals surface area contributed by atoms with Crippen LogP contribution < -0.4 is 4.74 Å². The molecule has 0 aliphatic rings. The molecule has 0 bridgehead atoms. The van der Waals surface area contributed by atoms with Crippen molar-refractivity contribution in [2.75, 3.05) is 19.5 Å².